The average Bonchev–Trinajstić information content (AvgIpc) is 2.60. The SMILES string of the molecule is CCCCN(C)C(=O)c1cc(C)[nH]n1. The average molecular weight is 195 g/mol. The van der Waals surface area contributed by atoms with Gasteiger partial charge in [0, 0.05) is 19.3 Å². The molecule has 0 saturated heterocycles. The molecule has 1 N–H and O–H groups in total. The molecule has 0 aliphatic heterocycles. The minimum absolute atomic E-state index is 0.0113. The molecule has 14 heavy (non-hydrogen) atoms. The number of unbranched alkanes of at least 4 members (excludes halogenated alkanes) is 1. The summed E-state index contributed by atoms with van der Waals surface area (Å²) in [5.74, 6) is -0.0113. The van der Waals surface area contributed by atoms with Crippen molar-refractivity contribution in [3.8, 4) is 0 Å². The van der Waals surface area contributed by atoms with Crippen molar-refractivity contribution >= 4 is 5.91 Å². The van der Waals surface area contributed by atoms with E-state index in [0.29, 0.717) is 5.69 Å². The van der Waals surface area contributed by atoms with Gasteiger partial charge in [0.2, 0.25) is 0 Å². The molecule has 0 bridgehead atoms. The van der Waals surface area contributed by atoms with Gasteiger partial charge in [-0.15, -0.1) is 0 Å². The van der Waals surface area contributed by atoms with Gasteiger partial charge in [-0.2, -0.15) is 5.10 Å². The largest absolute Gasteiger partial charge is 0.340 e. The van der Waals surface area contributed by atoms with Crippen molar-refractivity contribution in [2.45, 2.75) is 26.7 Å². The topological polar surface area (TPSA) is 49.0 Å². The summed E-state index contributed by atoms with van der Waals surface area (Å²) in [4.78, 5) is 13.4. The minimum Gasteiger partial charge on any atom is -0.340 e. The number of hydrogen-bond acceptors (Lipinski definition) is 2. The maximum absolute atomic E-state index is 11.7. The number of carbonyl (C=O) groups excluding carboxylic acids is 1. The van der Waals surface area contributed by atoms with E-state index in [2.05, 4.69) is 17.1 Å². The quantitative estimate of drug-likeness (QED) is 0.793. The molecule has 0 fully saturated rings. The van der Waals surface area contributed by atoms with Gasteiger partial charge in [-0.3, -0.25) is 9.89 Å². The van der Waals surface area contributed by atoms with Gasteiger partial charge < -0.3 is 4.90 Å². The van der Waals surface area contributed by atoms with Gasteiger partial charge in [0.25, 0.3) is 5.91 Å². The highest BCUT2D eigenvalue weighted by Gasteiger charge is 2.13. The van der Waals surface area contributed by atoms with Crippen LogP contribution in [0.15, 0.2) is 6.07 Å². The van der Waals surface area contributed by atoms with Crippen LogP contribution >= 0.6 is 0 Å². The molecule has 0 unspecified atom stereocenters. The Morgan fingerprint density at radius 1 is 1.64 bits per heavy atom. The van der Waals surface area contributed by atoms with Crippen LogP contribution in [-0.4, -0.2) is 34.6 Å². The number of aryl methyl sites for hydroxylation is 1. The molecular weight excluding hydrogens is 178 g/mol. The summed E-state index contributed by atoms with van der Waals surface area (Å²) in [6.45, 7) is 4.79. The maximum atomic E-state index is 11.7. The molecular formula is C10H17N3O. The van der Waals surface area contributed by atoms with E-state index in [4.69, 9.17) is 0 Å². The van der Waals surface area contributed by atoms with E-state index < -0.39 is 0 Å². The molecule has 0 atom stereocenters. The van der Waals surface area contributed by atoms with E-state index in [0.717, 1.165) is 25.1 Å². The third-order valence-electron chi connectivity index (χ3n) is 2.12. The summed E-state index contributed by atoms with van der Waals surface area (Å²) < 4.78 is 0. The lowest BCUT2D eigenvalue weighted by Crippen LogP contribution is -2.27. The highest BCUT2D eigenvalue weighted by Crippen LogP contribution is 2.03. The second kappa shape index (κ2) is 4.79. The second-order valence-corrected chi connectivity index (χ2v) is 3.52. The molecule has 1 amide bonds. The summed E-state index contributed by atoms with van der Waals surface area (Å²) in [5.41, 5.74) is 1.42. The molecule has 78 valence electrons. The fourth-order valence-electron chi connectivity index (χ4n) is 1.22. The molecule has 1 aromatic rings. The molecule has 1 heterocycles. The standard InChI is InChI=1S/C10H17N3O/c1-4-5-6-13(3)10(14)9-7-8(2)11-12-9/h7H,4-6H2,1-3H3,(H,11,12). The lowest BCUT2D eigenvalue weighted by molar-refractivity contribution is 0.0787. The number of amides is 1. The first-order chi connectivity index (χ1) is 6.65. The Labute approximate surface area is 84.3 Å². The van der Waals surface area contributed by atoms with Crippen molar-refractivity contribution in [1.29, 1.82) is 0 Å². The van der Waals surface area contributed by atoms with Crippen LogP contribution in [0.1, 0.15) is 35.9 Å². The number of nitrogens with one attached hydrogen (secondary N) is 1. The third-order valence-corrected chi connectivity index (χ3v) is 2.12. The summed E-state index contributed by atoms with van der Waals surface area (Å²) in [6, 6.07) is 1.77. The van der Waals surface area contributed by atoms with Crippen LogP contribution < -0.4 is 0 Å². The molecule has 0 aliphatic carbocycles. The van der Waals surface area contributed by atoms with Gasteiger partial charge in [-0.1, -0.05) is 13.3 Å². The van der Waals surface area contributed by atoms with Crippen molar-refractivity contribution in [3.63, 3.8) is 0 Å². The molecule has 4 nitrogen and oxygen atoms in total. The highest BCUT2D eigenvalue weighted by atomic mass is 16.2. The smallest absolute Gasteiger partial charge is 0.274 e. The van der Waals surface area contributed by atoms with Gasteiger partial charge in [0.05, 0.1) is 0 Å². The zero-order valence-electron chi connectivity index (χ0n) is 9.00. The van der Waals surface area contributed by atoms with Crippen LogP contribution in [0.25, 0.3) is 0 Å². The van der Waals surface area contributed by atoms with Crippen LogP contribution in [0.2, 0.25) is 0 Å². The van der Waals surface area contributed by atoms with Crippen molar-refractivity contribution < 1.29 is 4.79 Å². The van der Waals surface area contributed by atoms with Crippen LogP contribution in [0.4, 0.5) is 0 Å². The molecule has 0 spiro atoms. The Bertz CT molecular complexity index is 306. The normalized spacial score (nSPS) is 10.2. The Hall–Kier alpha value is -1.32. The van der Waals surface area contributed by atoms with Gasteiger partial charge in [0.15, 0.2) is 0 Å². The molecule has 1 rings (SSSR count). The zero-order chi connectivity index (χ0) is 10.6. The monoisotopic (exact) mass is 195 g/mol. The molecule has 0 saturated carbocycles. The molecule has 0 aliphatic rings. The minimum atomic E-state index is -0.0113. The van der Waals surface area contributed by atoms with Crippen molar-refractivity contribution in [2.24, 2.45) is 0 Å². The maximum Gasteiger partial charge on any atom is 0.274 e. The number of aromatic nitrogens is 2. The lowest BCUT2D eigenvalue weighted by atomic mass is 10.3. The van der Waals surface area contributed by atoms with E-state index in [-0.39, 0.29) is 5.91 Å². The molecule has 0 radical (unpaired) electrons. The highest BCUT2D eigenvalue weighted by molar-refractivity contribution is 5.92. The molecule has 0 aromatic carbocycles. The number of aromatic amines is 1. The van der Waals surface area contributed by atoms with Crippen LogP contribution in [0, 0.1) is 6.92 Å². The number of nitrogens with zero attached hydrogens (tertiary/aromatic N) is 2. The first-order valence-electron chi connectivity index (χ1n) is 4.92. The fraction of sp³-hybridized carbons (Fsp3) is 0.600. The van der Waals surface area contributed by atoms with Crippen molar-refractivity contribution in [2.75, 3.05) is 13.6 Å². The summed E-state index contributed by atoms with van der Waals surface area (Å²) >= 11 is 0. The van der Waals surface area contributed by atoms with E-state index in [9.17, 15) is 4.79 Å². The summed E-state index contributed by atoms with van der Waals surface area (Å²) in [5, 5.41) is 6.69. The number of carbonyl (C=O) groups is 1. The van der Waals surface area contributed by atoms with Crippen LogP contribution in [-0.2, 0) is 0 Å². The predicted molar refractivity (Wildman–Crippen MR) is 55.2 cm³/mol. The number of H-pyrrole nitrogens is 1. The van der Waals surface area contributed by atoms with E-state index in [1.54, 1.807) is 11.0 Å². The number of rotatable bonds is 4. The zero-order valence-corrected chi connectivity index (χ0v) is 9.00. The van der Waals surface area contributed by atoms with Gasteiger partial charge in [-0.25, -0.2) is 0 Å². The van der Waals surface area contributed by atoms with Crippen molar-refractivity contribution in [3.05, 3.63) is 17.5 Å². The summed E-state index contributed by atoms with van der Waals surface area (Å²) in [6.07, 6.45) is 2.13. The van der Waals surface area contributed by atoms with E-state index in [1.807, 2.05) is 14.0 Å². The Morgan fingerprint density at radius 2 is 2.36 bits per heavy atom. The van der Waals surface area contributed by atoms with Gasteiger partial charge >= 0.3 is 0 Å². The summed E-state index contributed by atoms with van der Waals surface area (Å²) in [7, 11) is 1.81. The number of hydrogen-bond donors (Lipinski definition) is 1. The molecule has 4 heteroatoms. The first-order valence-corrected chi connectivity index (χ1v) is 4.92. The Balaban J connectivity index is 2.56. The van der Waals surface area contributed by atoms with Crippen LogP contribution in [0.3, 0.4) is 0 Å². The fourth-order valence-corrected chi connectivity index (χ4v) is 1.22. The Morgan fingerprint density at radius 3 is 2.86 bits per heavy atom. The van der Waals surface area contributed by atoms with E-state index in [1.165, 1.54) is 0 Å². The van der Waals surface area contributed by atoms with Gasteiger partial charge in [0.1, 0.15) is 5.69 Å². The first kappa shape index (κ1) is 10.8. The van der Waals surface area contributed by atoms with E-state index >= 15 is 0 Å². The lowest BCUT2D eigenvalue weighted by Gasteiger charge is -2.14. The molecule has 1 aromatic heterocycles. The third kappa shape index (κ3) is 2.58. The predicted octanol–water partition coefficient (Wildman–Crippen LogP) is 1.59. The Kier molecular flexibility index (Phi) is 3.68. The van der Waals surface area contributed by atoms with Crippen molar-refractivity contribution in [1.82, 2.24) is 15.1 Å². The van der Waals surface area contributed by atoms with Crippen LogP contribution in [0.5, 0.6) is 0 Å². The van der Waals surface area contributed by atoms with Gasteiger partial charge in [-0.05, 0) is 19.4 Å². The second-order valence-electron chi connectivity index (χ2n) is 3.52.